The molecule has 1 unspecified atom stereocenters. The Bertz CT molecular complexity index is 705. The molecule has 0 fully saturated rings. The number of hydrogen-bond acceptors (Lipinski definition) is 3. The lowest BCUT2D eigenvalue weighted by atomic mass is 10.1. The summed E-state index contributed by atoms with van der Waals surface area (Å²) in [7, 11) is 0. The van der Waals surface area contributed by atoms with Crippen LogP contribution in [0.15, 0.2) is 48.5 Å². The van der Waals surface area contributed by atoms with Crippen molar-refractivity contribution >= 4 is 11.0 Å². The summed E-state index contributed by atoms with van der Waals surface area (Å²) >= 11 is 0. The summed E-state index contributed by atoms with van der Waals surface area (Å²) < 4.78 is 1.74. The van der Waals surface area contributed by atoms with Gasteiger partial charge in [-0.2, -0.15) is 0 Å². The maximum Gasteiger partial charge on any atom is 0.113 e. The fourth-order valence-corrected chi connectivity index (χ4v) is 2.20. The van der Waals surface area contributed by atoms with E-state index in [4.69, 9.17) is 0 Å². The third-order valence-electron chi connectivity index (χ3n) is 3.19. The molecule has 19 heavy (non-hydrogen) atoms. The van der Waals surface area contributed by atoms with Crippen LogP contribution in [-0.2, 0) is 6.54 Å². The lowest BCUT2D eigenvalue weighted by Gasteiger charge is -2.11. The Kier molecular flexibility index (Phi) is 3.01. The molecule has 2 aromatic carbocycles. The third-order valence-corrected chi connectivity index (χ3v) is 3.19. The predicted molar refractivity (Wildman–Crippen MR) is 73.7 cm³/mol. The van der Waals surface area contributed by atoms with E-state index in [1.54, 1.807) is 4.68 Å². The van der Waals surface area contributed by atoms with Gasteiger partial charge in [0.15, 0.2) is 0 Å². The average molecular weight is 253 g/mol. The molecule has 3 aromatic rings. The number of hydrogen-bond donors (Lipinski definition) is 1. The summed E-state index contributed by atoms with van der Waals surface area (Å²) in [6.45, 7) is 2.42. The first kappa shape index (κ1) is 11.9. The fraction of sp³-hybridized carbons (Fsp3) is 0.200. The van der Waals surface area contributed by atoms with Gasteiger partial charge < -0.3 is 5.11 Å². The van der Waals surface area contributed by atoms with Crippen molar-refractivity contribution in [2.24, 2.45) is 0 Å². The Morgan fingerprint density at radius 3 is 2.84 bits per heavy atom. The zero-order chi connectivity index (χ0) is 13.2. The topological polar surface area (TPSA) is 50.9 Å². The first-order valence-electron chi connectivity index (χ1n) is 6.27. The van der Waals surface area contributed by atoms with Crippen LogP contribution >= 0.6 is 0 Å². The molecule has 4 heteroatoms. The Labute approximate surface area is 111 Å². The molecule has 0 saturated heterocycles. The minimum absolute atomic E-state index is 0.407. The number of fused-ring (bicyclic) bond motifs is 1. The summed E-state index contributed by atoms with van der Waals surface area (Å²) in [5.41, 5.74) is 3.83. The lowest BCUT2D eigenvalue weighted by Crippen LogP contribution is -2.10. The normalized spacial score (nSPS) is 12.7. The van der Waals surface area contributed by atoms with Crippen molar-refractivity contribution < 1.29 is 5.11 Å². The second-order valence-corrected chi connectivity index (χ2v) is 4.69. The van der Waals surface area contributed by atoms with Crippen LogP contribution in [0, 0.1) is 6.92 Å². The van der Waals surface area contributed by atoms with E-state index < -0.39 is 6.10 Å². The van der Waals surface area contributed by atoms with Crippen molar-refractivity contribution in [3.05, 3.63) is 59.7 Å². The van der Waals surface area contributed by atoms with Crippen molar-refractivity contribution in [1.82, 2.24) is 15.0 Å². The van der Waals surface area contributed by atoms with Gasteiger partial charge in [0.25, 0.3) is 0 Å². The summed E-state index contributed by atoms with van der Waals surface area (Å²) in [5.74, 6) is 0. The predicted octanol–water partition coefficient (Wildman–Crippen LogP) is 2.47. The smallest absolute Gasteiger partial charge is 0.113 e. The number of aliphatic hydroxyl groups excluding tert-OH is 1. The molecular weight excluding hydrogens is 238 g/mol. The molecule has 0 aliphatic heterocycles. The first-order valence-corrected chi connectivity index (χ1v) is 6.27. The van der Waals surface area contributed by atoms with Crippen LogP contribution in [0.3, 0.4) is 0 Å². The molecule has 4 nitrogen and oxygen atoms in total. The van der Waals surface area contributed by atoms with Gasteiger partial charge in [0.1, 0.15) is 5.52 Å². The highest BCUT2D eigenvalue weighted by atomic mass is 16.3. The molecule has 0 radical (unpaired) electrons. The van der Waals surface area contributed by atoms with E-state index >= 15 is 0 Å². The molecular formula is C15H15N3O. The zero-order valence-corrected chi connectivity index (χ0v) is 10.7. The third kappa shape index (κ3) is 2.35. The minimum Gasteiger partial charge on any atom is -0.386 e. The number of para-hydroxylation sites is 1. The monoisotopic (exact) mass is 253 g/mol. The quantitative estimate of drug-likeness (QED) is 0.780. The number of rotatable bonds is 3. The first-order chi connectivity index (χ1) is 9.24. The average Bonchev–Trinajstić information content (AvgIpc) is 2.82. The Morgan fingerprint density at radius 1 is 1.16 bits per heavy atom. The van der Waals surface area contributed by atoms with Gasteiger partial charge in [-0.1, -0.05) is 47.2 Å². The minimum atomic E-state index is -0.579. The van der Waals surface area contributed by atoms with E-state index in [9.17, 15) is 5.11 Å². The van der Waals surface area contributed by atoms with Crippen LogP contribution in [0.1, 0.15) is 17.2 Å². The highest BCUT2D eigenvalue weighted by Gasteiger charge is 2.11. The molecule has 96 valence electrons. The Morgan fingerprint density at radius 2 is 2.00 bits per heavy atom. The van der Waals surface area contributed by atoms with Crippen LogP contribution in [0.4, 0.5) is 0 Å². The summed E-state index contributed by atoms with van der Waals surface area (Å²) in [5, 5.41) is 18.5. The molecule has 1 atom stereocenters. The Balaban J connectivity index is 1.89. The second-order valence-electron chi connectivity index (χ2n) is 4.69. The molecule has 1 N–H and O–H groups in total. The van der Waals surface area contributed by atoms with Crippen molar-refractivity contribution in [3.63, 3.8) is 0 Å². The summed E-state index contributed by atoms with van der Waals surface area (Å²) in [6, 6.07) is 15.6. The van der Waals surface area contributed by atoms with Gasteiger partial charge in [-0.15, -0.1) is 5.10 Å². The van der Waals surface area contributed by atoms with Gasteiger partial charge >= 0.3 is 0 Å². The zero-order valence-electron chi connectivity index (χ0n) is 10.7. The van der Waals surface area contributed by atoms with Crippen molar-refractivity contribution in [1.29, 1.82) is 0 Å². The fourth-order valence-electron chi connectivity index (χ4n) is 2.20. The van der Waals surface area contributed by atoms with E-state index in [0.29, 0.717) is 6.54 Å². The van der Waals surface area contributed by atoms with Gasteiger partial charge in [-0.3, -0.25) is 0 Å². The lowest BCUT2D eigenvalue weighted by molar-refractivity contribution is 0.152. The van der Waals surface area contributed by atoms with Gasteiger partial charge in [-0.25, -0.2) is 4.68 Å². The van der Waals surface area contributed by atoms with Crippen LogP contribution in [-0.4, -0.2) is 20.1 Å². The van der Waals surface area contributed by atoms with Gasteiger partial charge in [0.2, 0.25) is 0 Å². The van der Waals surface area contributed by atoms with E-state index in [-0.39, 0.29) is 0 Å². The van der Waals surface area contributed by atoms with Crippen LogP contribution < -0.4 is 0 Å². The summed E-state index contributed by atoms with van der Waals surface area (Å²) in [4.78, 5) is 0. The summed E-state index contributed by atoms with van der Waals surface area (Å²) in [6.07, 6.45) is -0.579. The van der Waals surface area contributed by atoms with Crippen LogP contribution in [0.25, 0.3) is 11.0 Å². The molecule has 0 spiro atoms. The number of aromatic nitrogens is 3. The number of nitrogens with zero attached hydrogens (tertiary/aromatic N) is 3. The van der Waals surface area contributed by atoms with E-state index in [1.807, 2.05) is 55.5 Å². The molecule has 1 aromatic heterocycles. The highest BCUT2D eigenvalue weighted by Crippen LogP contribution is 2.18. The van der Waals surface area contributed by atoms with Crippen LogP contribution in [0.5, 0.6) is 0 Å². The van der Waals surface area contributed by atoms with Gasteiger partial charge in [0.05, 0.1) is 18.2 Å². The van der Waals surface area contributed by atoms with E-state index in [1.165, 1.54) is 0 Å². The number of aryl methyl sites for hydroxylation is 1. The molecule has 0 aliphatic carbocycles. The molecule has 0 aliphatic rings. The standard InChI is InChI=1S/C15H15N3O/c1-11-5-4-6-12(9-11)15(19)10-18-14-8-3-2-7-13(14)16-17-18/h2-9,15,19H,10H2,1H3. The number of benzene rings is 2. The second kappa shape index (κ2) is 4.82. The van der Waals surface area contributed by atoms with Gasteiger partial charge in [0, 0.05) is 0 Å². The highest BCUT2D eigenvalue weighted by molar-refractivity contribution is 5.73. The van der Waals surface area contributed by atoms with Gasteiger partial charge in [-0.05, 0) is 24.6 Å². The van der Waals surface area contributed by atoms with Crippen LogP contribution in [0.2, 0.25) is 0 Å². The van der Waals surface area contributed by atoms with Crippen molar-refractivity contribution in [2.75, 3.05) is 0 Å². The SMILES string of the molecule is Cc1cccc(C(O)Cn2nnc3ccccc32)c1. The maximum absolute atomic E-state index is 10.3. The maximum atomic E-state index is 10.3. The number of aliphatic hydroxyl groups is 1. The van der Waals surface area contributed by atoms with Crippen molar-refractivity contribution in [2.45, 2.75) is 19.6 Å². The van der Waals surface area contributed by atoms with Crippen molar-refractivity contribution in [3.8, 4) is 0 Å². The largest absolute Gasteiger partial charge is 0.386 e. The molecule has 0 bridgehead atoms. The molecule has 3 rings (SSSR count). The Hall–Kier alpha value is -2.20. The van der Waals surface area contributed by atoms with E-state index in [2.05, 4.69) is 10.3 Å². The molecule has 0 saturated carbocycles. The molecule has 0 amide bonds. The molecule has 1 heterocycles. The van der Waals surface area contributed by atoms with E-state index in [0.717, 1.165) is 22.2 Å².